The zero-order valence-electron chi connectivity index (χ0n) is 13.3. The summed E-state index contributed by atoms with van der Waals surface area (Å²) in [5.41, 5.74) is 7.59. The highest BCUT2D eigenvalue weighted by molar-refractivity contribution is 5.94. The number of hydrogen-bond donors (Lipinski definition) is 2. The maximum Gasteiger partial charge on any atom is 0.241 e. The molecule has 5 nitrogen and oxygen atoms in total. The van der Waals surface area contributed by atoms with Crippen molar-refractivity contribution >= 4 is 17.5 Å². The Balaban J connectivity index is 1.92. The Morgan fingerprint density at radius 2 is 1.95 bits per heavy atom. The zero-order valence-corrected chi connectivity index (χ0v) is 13.3. The van der Waals surface area contributed by atoms with Crippen molar-refractivity contribution in [1.82, 2.24) is 4.90 Å². The number of nitrogens with two attached hydrogens (primary N) is 1. The molecule has 1 unspecified atom stereocenters. The van der Waals surface area contributed by atoms with E-state index >= 15 is 0 Å². The van der Waals surface area contributed by atoms with Gasteiger partial charge < -0.3 is 16.0 Å². The molecular weight excluding hydrogens is 278 g/mol. The lowest BCUT2D eigenvalue weighted by atomic mass is 10.1. The predicted octanol–water partition coefficient (Wildman–Crippen LogP) is 2.26. The molecule has 0 bridgehead atoms. The summed E-state index contributed by atoms with van der Waals surface area (Å²) in [7, 11) is 0. The monoisotopic (exact) mass is 303 g/mol. The first kappa shape index (κ1) is 16.5. The fourth-order valence-corrected chi connectivity index (χ4v) is 2.45. The van der Waals surface area contributed by atoms with Gasteiger partial charge in [-0.1, -0.05) is 25.5 Å². The van der Waals surface area contributed by atoms with E-state index in [9.17, 15) is 9.59 Å². The largest absolute Gasteiger partial charge is 0.336 e. The molecule has 0 spiro atoms. The minimum absolute atomic E-state index is 0.116. The molecular formula is C17H25N3O2. The van der Waals surface area contributed by atoms with E-state index in [-0.39, 0.29) is 11.8 Å². The summed E-state index contributed by atoms with van der Waals surface area (Å²) in [6.07, 6.45) is 3.76. The molecule has 0 aromatic heterocycles. The maximum absolute atomic E-state index is 11.9. The first-order valence-corrected chi connectivity index (χ1v) is 7.94. The van der Waals surface area contributed by atoms with Crippen LogP contribution >= 0.6 is 0 Å². The van der Waals surface area contributed by atoms with Crippen LogP contribution in [0.25, 0.3) is 0 Å². The summed E-state index contributed by atoms with van der Waals surface area (Å²) in [4.78, 5) is 25.4. The second-order valence-electron chi connectivity index (χ2n) is 5.96. The lowest BCUT2D eigenvalue weighted by Gasteiger charge is -2.20. The molecule has 2 rings (SSSR count). The molecule has 1 fully saturated rings. The summed E-state index contributed by atoms with van der Waals surface area (Å²) in [6, 6.07) is 7.55. The molecule has 120 valence electrons. The Kier molecular flexibility index (Phi) is 5.55. The average Bonchev–Trinajstić information content (AvgIpc) is 3.30. The van der Waals surface area contributed by atoms with Gasteiger partial charge in [0.15, 0.2) is 0 Å². The van der Waals surface area contributed by atoms with Crippen molar-refractivity contribution < 1.29 is 9.59 Å². The number of carbonyl (C=O) groups excluding carboxylic acids is 2. The number of benzene rings is 1. The molecule has 1 aromatic rings. The Morgan fingerprint density at radius 3 is 2.45 bits per heavy atom. The summed E-state index contributed by atoms with van der Waals surface area (Å²) in [5, 5.41) is 2.82. The fourth-order valence-electron chi connectivity index (χ4n) is 2.45. The summed E-state index contributed by atoms with van der Waals surface area (Å²) in [5.74, 6) is -0.0386. The lowest BCUT2D eigenvalue weighted by Crippen LogP contribution is -2.35. The van der Waals surface area contributed by atoms with Gasteiger partial charge in [0.2, 0.25) is 11.8 Å². The normalized spacial score (nSPS) is 15.2. The highest BCUT2D eigenvalue weighted by atomic mass is 16.2. The van der Waals surface area contributed by atoms with E-state index < -0.39 is 6.04 Å². The van der Waals surface area contributed by atoms with Crippen molar-refractivity contribution in [1.29, 1.82) is 0 Å². The van der Waals surface area contributed by atoms with Crippen LogP contribution in [0.2, 0.25) is 0 Å². The van der Waals surface area contributed by atoms with Crippen molar-refractivity contribution in [2.75, 3.05) is 5.32 Å². The molecule has 22 heavy (non-hydrogen) atoms. The number of hydrogen-bond acceptors (Lipinski definition) is 3. The van der Waals surface area contributed by atoms with Crippen LogP contribution in [0, 0.1) is 0 Å². The van der Waals surface area contributed by atoms with Crippen LogP contribution in [0.4, 0.5) is 5.69 Å². The van der Waals surface area contributed by atoms with E-state index in [0.29, 0.717) is 19.0 Å². The quantitative estimate of drug-likeness (QED) is 0.811. The predicted molar refractivity (Wildman–Crippen MR) is 87.2 cm³/mol. The zero-order chi connectivity index (χ0) is 16.1. The minimum atomic E-state index is -0.465. The molecule has 1 aliphatic carbocycles. The molecule has 1 atom stereocenters. The van der Waals surface area contributed by atoms with Gasteiger partial charge in [-0.15, -0.1) is 0 Å². The SMILES string of the molecule is CCCC(N)C(=O)Nc1ccc(CN(C(C)=O)C2CC2)cc1. The Hall–Kier alpha value is -1.88. The Bertz CT molecular complexity index is 523. The standard InChI is InChI=1S/C17H25N3O2/c1-3-4-16(18)17(22)19-14-7-5-13(6-8-14)11-20(12(2)21)15-9-10-15/h5-8,15-16H,3-4,9-11,18H2,1-2H3,(H,19,22). The maximum atomic E-state index is 11.9. The lowest BCUT2D eigenvalue weighted by molar-refractivity contribution is -0.130. The van der Waals surface area contributed by atoms with E-state index in [1.165, 1.54) is 0 Å². The van der Waals surface area contributed by atoms with Crippen molar-refractivity contribution in [2.24, 2.45) is 5.73 Å². The molecule has 2 amide bonds. The number of rotatable bonds is 7. The second-order valence-corrected chi connectivity index (χ2v) is 5.96. The highest BCUT2D eigenvalue weighted by Crippen LogP contribution is 2.28. The average molecular weight is 303 g/mol. The molecule has 1 aromatic carbocycles. The molecule has 1 aliphatic rings. The van der Waals surface area contributed by atoms with Gasteiger partial charge in [-0.05, 0) is 37.0 Å². The van der Waals surface area contributed by atoms with Gasteiger partial charge in [-0.3, -0.25) is 9.59 Å². The highest BCUT2D eigenvalue weighted by Gasteiger charge is 2.30. The van der Waals surface area contributed by atoms with Gasteiger partial charge in [-0.25, -0.2) is 0 Å². The molecule has 5 heteroatoms. The Morgan fingerprint density at radius 1 is 1.32 bits per heavy atom. The molecule has 0 heterocycles. The molecule has 0 aliphatic heterocycles. The van der Waals surface area contributed by atoms with Crippen LogP contribution in [0.5, 0.6) is 0 Å². The second kappa shape index (κ2) is 7.40. The molecule has 1 saturated carbocycles. The van der Waals surface area contributed by atoms with E-state index in [1.54, 1.807) is 6.92 Å². The van der Waals surface area contributed by atoms with E-state index in [1.807, 2.05) is 36.1 Å². The van der Waals surface area contributed by atoms with Gasteiger partial charge in [0.1, 0.15) is 0 Å². The van der Waals surface area contributed by atoms with Crippen LogP contribution in [0.1, 0.15) is 45.1 Å². The van der Waals surface area contributed by atoms with Crippen LogP contribution in [0.3, 0.4) is 0 Å². The van der Waals surface area contributed by atoms with Crippen LogP contribution in [-0.4, -0.2) is 28.8 Å². The number of nitrogens with zero attached hydrogens (tertiary/aromatic N) is 1. The number of nitrogens with one attached hydrogen (secondary N) is 1. The van der Waals surface area contributed by atoms with Crippen molar-refractivity contribution in [2.45, 2.75) is 58.2 Å². The third-order valence-corrected chi connectivity index (χ3v) is 3.90. The van der Waals surface area contributed by atoms with E-state index in [0.717, 1.165) is 30.5 Å². The van der Waals surface area contributed by atoms with Crippen molar-refractivity contribution in [3.8, 4) is 0 Å². The van der Waals surface area contributed by atoms with Crippen molar-refractivity contribution in [3.63, 3.8) is 0 Å². The van der Waals surface area contributed by atoms with Crippen LogP contribution in [-0.2, 0) is 16.1 Å². The first-order valence-electron chi connectivity index (χ1n) is 7.94. The summed E-state index contributed by atoms with van der Waals surface area (Å²) in [6.45, 7) is 4.24. The third-order valence-electron chi connectivity index (χ3n) is 3.90. The van der Waals surface area contributed by atoms with Gasteiger partial charge in [-0.2, -0.15) is 0 Å². The fraction of sp³-hybridized carbons (Fsp3) is 0.529. The summed E-state index contributed by atoms with van der Waals surface area (Å²) < 4.78 is 0. The topological polar surface area (TPSA) is 75.4 Å². The van der Waals surface area contributed by atoms with Crippen LogP contribution < -0.4 is 11.1 Å². The first-order chi connectivity index (χ1) is 10.5. The van der Waals surface area contributed by atoms with E-state index in [4.69, 9.17) is 5.73 Å². The van der Waals surface area contributed by atoms with Gasteiger partial charge >= 0.3 is 0 Å². The minimum Gasteiger partial charge on any atom is -0.336 e. The van der Waals surface area contributed by atoms with Gasteiger partial charge in [0.05, 0.1) is 6.04 Å². The molecule has 0 saturated heterocycles. The van der Waals surface area contributed by atoms with Gasteiger partial charge in [0.25, 0.3) is 0 Å². The molecule has 0 radical (unpaired) electrons. The Labute approximate surface area is 131 Å². The molecule has 3 N–H and O–H groups in total. The van der Waals surface area contributed by atoms with Gasteiger partial charge in [0, 0.05) is 25.2 Å². The third kappa shape index (κ3) is 4.56. The van der Waals surface area contributed by atoms with Crippen LogP contribution in [0.15, 0.2) is 24.3 Å². The number of amides is 2. The number of anilines is 1. The van der Waals surface area contributed by atoms with Crippen molar-refractivity contribution in [3.05, 3.63) is 29.8 Å². The number of carbonyl (C=O) groups is 2. The summed E-state index contributed by atoms with van der Waals surface area (Å²) >= 11 is 0. The smallest absolute Gasteiger partial charge is 0.241 e. The van der Waals surface area contributed by atoms with E-state index in [2.05, 4.69) is 5.32 Å².